The molecule has 6 nitrogen and oxygen atoms in total. The van der Waals surface area contributed by atoms with E-state index in [-0.39, 0.29) is 6.04 Å². The summed E-state index contributed by atoms with van der Waals surface area (Å²) in [5, 5.41) is 11.9. The predicted molar refractivity (Wildman–Crippen MR) is 71.2 cm³/mol. The number of likely N-dealkylation sites (tertiary alicyclic amines) is 1. The first-order valence-corrected chi connectivity index (χ1v) is 6.51. The molecule has 2 amide bonds. The lowest BCUT2D eigenvalue weighted by molar-refractivity contribution is 0.0337. The molecule has 0 bridgehead atoms. The van der Waals surface area contributed by atoms with E-state index in [9.17, 15) is 14.7 Å². The van der Waals surface area contributed by atoms with Crippen LogP contribution in [0.25, 0.3) is 0 Å². The van der Waals surface area contributed by atoms with Crippen LogP contribution < -0.4 is 5.32 Å². The van der Waals surface area contributed by atoms with Crippen LogP contribution in [0.2, 0.25) is 0 Å². The van der Waals surface area contributed by atoms with Crippen molar-refractivity contribution in [3.8, 4) is 0 Å². The standard InChI is InChI=1S/C13H24N2O4/c1-12(2,3)19-10(16)14-9-6-7-13(4,5)15(8-9)11(17)18/h9H,6-8H2,1-5H3,(H,14,16)(H,17,18). The minimum Gasteiger partial charge on any atom is -0.465 e. The van der Waals surface area contributed by atoms with Gasteiger partial charge < -0.3 is 20.1 Å². The third kappa shape index (κ3) is 4.61. The van der Waals surface area contributed by atoms with E-state index in [1.165, 1.54) is 4.90 Å². The van der Waals surface area contributed by atoms with Crippen molar-refractivity contribution in [2.45, 2.75) is 64.6 Å². The van der Waals surface area contributed by atoms with Gasteiger partial charge in [-0.1, -0.05) is 0 Å². The minimum atomic E-state index is -0.958. The van der Waals surface area contributed by atoms with E-state index in [1.807, 2.05) is 13.8 Å². The van der Waals surface area contributed by atoms with Gasteiger partial charge in [-0.15, -0.1) is 0 Å². The average molecular weight is 272 g/mol. The van der Waals surface area contributed by atoms with Crippen molar-refractivity contribution in [3.05, 3.63) is 0 Å². The summed E-state index contributed by atoms with van der Waals surface area (Å²) >= 11 is 0. The second-order valence-electron chi connectivity index (χ2n) is 6.59. The molecule has 6 heteroatoms. The molecule has 1 aliphatic heterocycles. The summed E-state index contributed by atoms with van der Waals surface area (Å²) in [4.78, 5) is 24.3. The van der Waals surface area contributed by atoms with Crippen molar-refractivity contribution in [2.75, 3.05) is 6.54 Å². The maximum absolute atomic E-state index is 11.7. The largest absolute Gasteiger partial charge is 0.465 e. The maximum Gasteiger partial charge on any atom is 0.407 e. The average Bonchev–Trinajstić information content (AvgIpc) is 2.17. The molecule has 0 aliphatic carbocycles. The van der Waals surface area contributed by atoms with Crippen LogP contribution in [0, 0.1) is 0 Å². The number of ether oxygens (including phenoxy) is 1. The first-order chi connectivity index (χ1) is 8.51. The van der Waals surface area contributed by atoms with Gasteiger partial charge in [-0.25, -0.2) is 9.59 Å². The quantitative estimate of drug-likeness (QED) is 0.768. The van der Waals surface area contributed by atoms with E-state index < -0.39 is 23.3 Å². The SMILES string of the molecule is CC(C)(C)OC(=O)NC1CCC(C)(C)N(C(=O)O)C1. The zero-order valence-corrected chi connectivity index (χ0v) is 12.3. The molecule has 0 radical (unpaired) electrons. The van der Waals surface area contributed by atoms with E-state index in [0.717, 1.165) is 6.42 Å². The van der Waals surface area contributed by atoms with Gasteiger partial charge in [0.05, 0.1) is 6.04 Å². The highest BCUT2D eigenvalue weighted by Crippen LogP contribution is 2.27. The van der Waals surface area contributed by atoms with E-state index in [0.29, 0.717) is 13.0 Å². The molecule has 0 aromatic rings. The second-order valence-corrected chi connectivity index (χ2v) is 6.59. The first kappa shape index (κ1) is 15.6. The summed E-state index contributed by atoms with van der Waals surface area (Å²) in [7, 11) is 0. The van der Waals surface area contributed by atoms with E-state index in [4.69, 9.17) is 4.74 Å². The number of nitrogens with one attached hydrogen (secondary N) is 1. The van der Waals surface area contributed by atoms with Crippen LogP contribution in [0.15, 0.2) is 0 Å². The number of alkyl carbamates (subject to hydrolysis) is 1. The number of rotatable bonds is 1. The second kappa shape index (κ2) is 5.27. The third-order valence-electron chi connectivity index (χ3n) is 3.19. The molecule has 1 unspecified atom stereocenters. The number of carbonyl (C=O) groups excluding carboxylic acids is 1. The molecule has 1 aliphatic rings. The van der Waals surface area contributed by atoms with Crippen molar-refractivity contribution in [1.29, 1.82) is 0 Å². The molecular formula is C13H24N2O4. The van der Waals surface area contributed by atoms with Gasteiger partial charge in [-0.2, -0.15) is 0 Å². The van der Waals surface area contributed by atoms with Crippen LogP contribution in [0.5, 0.6) is 0 Å². The van der Waals surface area contributed by atoms with Crippen LogP contribution in [0.4, 0.5) is 9.59 Å². The van der Waals surface area contributed by atoms with Crippen LogP contribution in [0.1, 0.15) is 47.5 Å². The van der Waals surface area contributed by atoms with Gasteiger partial charge in [-0.05, 0) is 47.5 Å². The number of piperidine rings is 1. The highest BCUT2D eigenvalue weighted by molar-refractivity contribution is 5.69. The summed E-state index contributed by atoms with van der Waals surface area (Å²) in [5.41, 5.74) is -0.942. The summed E-state index contributed by atoms with van der Waals surface area (Å²) in [6, 6.07) is -0.195. The minimum absolute atomic E-state index is 0.195. The number of hydrogen-bond acceptors (Lipinski definition) is 3. The molecular weight excluding hydrogens is 248 g/mol. The van der Waals surface area contributed by atoms with E-state index in [1.54, 1.807) is 20.8 Å². The Bertz CT molecular complexity index is 360. The van der Waals surface area contributed by atoms with Crippen molar-refractivity contribution in [1.82, 2.24) is 10.2 Å². The molecule has 0 aromatic heterocycles. The third-order valence-corrected chi connectivity index (χ3v) is 3.19. The number of amides is 2. The summed E-state index contributed by atoms with van der Waals surface area (Å²) in [5.74, 6) is 0. The lowest BCUT2D eigenvalue weighted by atomic mass is 9.88. The van der Waals surface area contributed by atoms with Gasteiger partial charge in [0, 0.05) is 12.1 Å². The van der Waals surface area contributed by atoms with Gasteiger partial charge in [0.1, 0.15) is 5.60 Å². The Morgan fingerprint density at radius 2 is 1.95 bits per heavy atom. The molecule has 2 N–H and O–H groups in total. The Balaban J connectivity index is 2.58. The van der Waals surface area contributed by atoms with Gasteiger partial charge >= 0.3 is 12.2 Å². The van der Waals surface area contributed by atoms with Crippen molar-refractivity contribution in [2.24, 2.45) is 0 Å². The number of carbonyl (C=O) groups is 2. The molecule has 1 saturated heterocycles. The Morgan fingerprint density at radius 3 is 2.42 bits per heavy atom. The number of hydrogen-bond donors (Lipinski definition) is 2. The topological polar surface area (TPSA) is 78.9 Å². The van der Waals surface area contributed by atoms with Crippen LogP contribution in [-0.2, 0) is 4.74 Å². The number of nitrogens with zero attached hydrogens (tertiary/aromatic N) is 1. The zero-order valence-electron chi connectivity index (χ0n) is 12.3. The predicted octanol–water partition coefficient (Wildman–Crippen LogP) is 2.43. The fourth-order valence-corrected chi connectivity index (χ4v) is 2.15. The van der Waals surface area contributed by atoms with E-state index >= 15 is 0 Å². The van der Waals surface area contributed by atoms with Gasteiger partial charge in [0.25, 0.3) is 0 Å². The molecule has 1 fully saturated rings. The van der Waals surface area contributed by atoms with Gasteiger partial charge in [0.2, 0.25) is 0 Å². The summed E-state index contributed by atoms with van der Waals surface area (Å²) < 4.78 is 5.17. The molecule has 0 spiro atoms. The highest BCUT2D eigenvalue weighted by atomic mass is 16.6. The highest BCUT2D eigenvalue weighted by Gasteiger charge is 2.38. The normalized spacial score (nSPS) is 22.8. The first-order valence-electron chi connectivity index (χ1n) is 6.51. The van der Waals surface area contributed by atoms with Gasteiger partial charge in [-0.3, -0.25) is 0 Å². The molecule has 0 aromatic carbocycles. The molecule has 19 heavy (non-hydrogen) atoms. The Kier molecular flexibility index (Phi) is 4.32. The molecule has 1 heterocycles. The maximum atomic E-state index is 11.7. The van der Waals surface area contributed by atoms with Crippen molar-refractivity contribution < 1.29 is 19.4 Å². The molecule has 1 atom stereocenters. The lowest BCUT2D eigenvalue weighted by Crippen LogP contribution is -2.58. The molecule has 110 valence electrons. The summed E-state index contributed by atoms with van der Waals surface area (Å²) in [6.45, 7) is 9.46. The summed E-state index contributed by atoms with van der Waals surface area (Å²) in [6.07, 6.45) is -0.00119. The van der Waals surface area contributed by atoms with Crippen molar-refractivity contribution >= 4 is 12.2 Å². The zero-order chi connectivity index (χ0) is 14.8. The molecule has 1 rings (SSSR count). The fraction of sp³-hybridized carbons (Fsp3) is 0.846. The van der Waals surface area contributed by atoms with Crippen LogP contribution in [-0.4, -0.2) is 45.9 Å². The lowest BCUT2D eigenvalue weighted by Gasteiger charge is -2.43. The molecule has 0 saturated carbocycles. The van der Waals surface area contributed by atoms with Gasteiger partial charge in [0.15, 0.2) is 0 Å². The Hall–Kier alpha value is -1.46. The smallest absolute Gasteiger partial charge is 0.407 e. The van der Waals surface area contributed by atoms with Crippen LogP contribution >= 0.6 is 0 Å². The van der Waals surface area contributed by atoms with Crippen LogP contribution in [0.3, 0.4) is 0 Å². The fourth-order valence-electron chi connectivity index (χ4n) is 2.15. The Morgan fingerprint density at radius 1 is 1.37 bits per heavy atom. The number of carboxylic acid groups (broad SMARTS) is 1. The van der Waals surface area contributed by atoms with E-state index in [2.05, 4.69) is 5.32 Å². The monoisotopic (exact) mass is 272 g/mol. The van der Waals surface area contributed by atoms with Crippen molar-refractivity contribution in [3.63, 3.8) is 0 Å². The Labute approximate surface area is 114 Å².